The van der Waals surface area contributed by atoms with Gasteiger partial charge in [0, 0.05) is 29.5 Å². The molecule has 3 aromatic rings. The van der Waals surface area contributed by atoms with Crippen molar-refractivity contribution in [1.82, 2.24) is 5.32 Å². The molecule has 1 saturated carbocycles. The van der Waals surface area contributed by atoms with Crippen molar-refractivity contribution in [3.63, 3.8) is 0 Å². The zero-order valence-electron chi connectivity index (χ0n) is 17.6. The predicted molar refractivity (Wildman–Crippen MR) is 120 cm³/mol. The van der Waals surface area contributed by atoms with Gasteiger partial charge in [-0.15, -0.1) is 0 Å². The molecule has 162 valence electrons. The molecule has 0 atom stereocenters. The Bertz CT molecular complexity index is 1110. The van der Waals surface area contributed by atoms with Crippen molar-refractivity contribution >= 4 is 23.3 Å². The van der Waals surface area contributed by atoms with E-state index in [-0.39, 0.29) is 23.9 Å². The highest BCUT2D eigenvalue weighted by Crippen LogP contribution is 2.30. The number of carbonyl (C=O) groups is 2. The third-order valence-electron chi connectivity index (χ3n) is 5.69. The van der Waals surface area contributed by atoms with Gasteiger partial charge in [0.2, 0.25) is 5.91 Å². The summed E-state index contributed by atoms with van der Waals surface area (Å²) in [6.45, 7) is 2.23. The van der Waals surface area contributed by atoms with Gasteiger partial charge in [-0.3, -0.25) is 9.59 Å². The van der Waals surface area contributed by atoms with Gasteiger partial charge in [-0.1, -0.05) is 55.7 Å². The van der Waals surface area contributed by atoms with Crippen LogP contribution in [0.25, 0.3) is 22.1 Å². The van der Waals surface area contributed by atoms with Gasteiger partial charge < -0.3 is 14.8 Å². The zero-order valence-corrected chi connectivity index (χ0v) is 17.6. The molecule has 0 saturated heterocycles. The standard InChI is InChI=1S/C24H25NO3.CH2O2/c1-16-7-5-6-10-19(16)21-14-23(26)28-22-13-17(11-12-20(21)22)15-25-24(27)18-8-3-2-4-9-18;2-1-3/h5-7,10-14,18H,2-4,8-9,15H2,1H3,(H,25,27);1H,(H,2,3). The van der Waals surface area contributed by atoms with Crippen LogP contribution in [0.4, 0.5) is 0 Å². The number of nitrogens with one attached hydrogen (secondary N) is 1. The molecular weight excluding hydrogens is 394 g/mol. The number of carbonyl (C=O) groups excluding carboxylic acids is 1. The molecule has 1 aliphatic rings. The number of carboxylic acid groups (broad SMARTS) is 1. The van der Waals surface area contributed by atoms with Gasteiger partial charge in [0.1, 0.15) is 5.58 Å². The Balaban J connectivity index is 0.000000858. The lowest BCUT2D eigenvalue weighted by Gasteiger charge is -2.20. The van der Waals surface area contributed by atoms with Crippen molar-refractivity contribution in [2.45, 2.75) is 45.6 Å². The van der Waals surface area contributed by atoms with Gasteiger partial charge in [0.05, 0.1) is 0 Å². The monoisotopic (exact) mass is 421 g/mol. The molecular formula is C25H27NO5. The van der Waals surface area contributed by atoms with Gasteiger partial charge in [-0.05, 0) is 42.5 Å². The fourth-order valence-electron chi connectivity index (χ4n) is 4.11. The molecule has 1 amide bonds. The lowest BCUT2D eigenvalue weighted by molar-refractivity contribution is -0.126. The van der Waals surface area contributed by atoms with E-state index in [0.717, 1.165) is 53.3 Å². The maximum absolute atomic E-state index is 12.4. The van der Waals surface area contributed by atoms with E-state index in [1.807, 2.05) is 49.4 Å². The normalized spacial score (nSPS) is 13.8. The van der Waals surface area contributed by atoms with Crippen LogP contribution in [-0.4, -0.2) is 17.5 Å². The highest BCUT2D eigenvalue weighted by molar-refractivity contribution is 5.94. The summed E-state index contributed by atoms with van der Waals surface area (Å²) in [6, 6.07) is 15.4. The molecule has 0 aliphatic heterocycles. The van der Waals surface area contributed by atoms with E-state index in [0.29, 0.717) is 12.1 Å². The van der Waals surface area contributed by atoms with Crippen molar-refractivity contribution in [3.05, 3.63) is 70.1 Å². The number of aryl methyl sites for hydroxylation is 1. The van der Waals surface area contributed by atoms with Crippen LogP contribution in [0.3, 0.4) is 0 Å². The van der Waals surface area contributed by atoms with E-state index in [1.165, 1.54) is 6.42 Å². The number of fused-ring (bicyclic) bond motifs is 1. The molecule has 1 aliphatic carbocycles. The molecule has 1 aromatic heterocycles. The molecule has 6 heteroatoms. The summed E-state index contributed by atoms with van der Waals surface area (Å²) in [4.78, 5) is 32.9. The van der Waals surface area contributed by atoms with E-state index in [2.05, 4.69) is 5.32 Å². The van der Waals surface area contributed by atoms with E-state index < -0.39 is 0 Å². The summed E-state index contributed by atoms with van der Waals surface area (Å²) in [5, 5.41) is 10.8. The Morgan fingerprint density at radius 2 is 1.81 bits per heavy atom. The van der Waals surface area contributed by atoms with Gasteiger partial charge in [0.15, 0.2) is 0 Å². The van der Waals surface area contributed by atoms with E-state index in [1.54, 1.807) is 6.07 Å². The quantitative estimate of drug-likeness (QED) is 0.471. The largest absolute Gasteiger partial charge is 0.483 e. The first-order valence-corrected chi connectivity index (χ1v) is 10.5. The maximum Gasteiger partial charge on any atom is 0.336 e. The second-order valence-electron chi connectivity index (χ2n) is 7.78. The van der Waals surface area contributed by atoms with Crippen LogP contribution in [0.2, 0.25) is 0 Å². The first-order valence-electron chi connectivity index (χ1n) is 10.5. The topological polar surface area (TPSA) is 96.6 Å². The summed E-state index contributed by atoms with van der Waals surface area (Å²) in [5.74, 6) is 0.273. The Kier molecular flexibility index (Phi) is 7.60. The first-order chi connectivity index (χ1) is 15.0. The van der Waals surface area contributed by atoms with Gasteiger partial charge >= 0.3 is 5.63 Å². The fourth-order valence-corrected chi connectivity index (χ4v) is 4.11. The number of amides is 1. The maximum atomic E-state index is 12.4. The van der Waals surface area contributed by atoms with Crippen LogP contribution in [0.15, 0.2) is 57.7 Å². The molecule has 2 N–H and O–H groups in total. The molecule has 4 rings (SSSR count). The van der Waals surface area contributed by atoms with Crippen LogP contribution in [0, 0.1) is 12.8 Å². The summed E-state index contributed by atoms with van der Waals surface area (Å²) < 4.78 is 5.46. The number of rotatable bonds is 4. The van der Waals surface area contributed by atoms with Crippen LogP contribution in [0.1, 0.15) is 43.2 Å². The molecule has 2 aromatic carbocycles. The van der Waals surface area contributed by atoms with Crippen LogP contribution < -0.4 is 10.9 Å². The molecule has 0 spiro atoms. The van der Waals surface area contributed by atoms with E-state index in [4.69, 9.17) is 14.3 Å². The Morgan fingerprint density at radius 1 is 1.10 bits per heavy atom. The van der Waals surface area contributed by atoms with Crippen molar-refractivity contribution in [2.75, 3.05) is 0 Å². The van der Waals surface area contributed by atoms with Crippen molar-refractivity contribution in [3.8, 4) is 11.1 Å². The summed E-state index contributed by atoms with van der Waals surface area (Å²) in [7, 11) is 0. The Morgan fingerprint density at radius 3 is 2.52 bits per heavy atom. The van der Waals surface area contributed by atoms with Gasteiger partial charge in [0.25, 0.3) is 6.47 Å². The highest BCUT2D eigenvalue weighted by atomic mass is 16.4. The zero-order chi connectivity index (χ0) is 22.2. The molecule has 0 bridgehead atoms. The summed E-state index contributed by atoms with van der Waals surface area (Å²) in [6.07, 6.45) is 5.48. The average molecular weight is 421 g/mol. The number of hydrogen-bond donors (Lipinski definition) is 2. The fraction of sp³-hybridized carbons (Fsp3) is 0.320. The molecule has 0 unspecified atom stereocenters. The summed E-state index contributed by atoms with van der Waals surface area (Å²) >= 11 is 0. The lowest BCUT2D eigenvalue weighted by Crippen LogP contribution is -2.31. The second kappa shape index (κ2) is 10.6. The van der Waals surface area contributed by atoms with Crippen molar-refractivity contribution in [1.29, 1.82) is 0 Å². The average Bonchev–Trinajstić information content (AvgIpc) is 2.78. The minimum absolute atomic E-state index is 0.134. The van der Waals surface area contributed by atoms with E-state index in [9.17, 15) is 9.59 Å². The van der Waals surface area contributed by atoms with Crippen LogP contribution in [-0.2, 0) is 16.1 Å². The molecule has 6 nitrogen and oxygen atoms in total. The highest BCUT2D eigenvalue weighted by Gasteiger charge is 2.20. The Labute approximate surface area is 180 Å². The van der Waals surface area contributed by atoms with E-state index >= 15 is 0 Å². The third kappa shape index (κ3) is 5.60. The van der Waals surface area contributed by atoms with Gasteiger partial charge in [-0.2, -0.15) is 0 Å². The number of benzene rings is 2. The van der Waals surface area contributed by atoms with Crippen LogP contribution in [0.5, 0.6) is 0 Å². The van der Waals surface area contributed by atoms with Crippen molar-refractivity contribution < 1.29 is 19.1 Å². The second-order valence-corrected chi connectivity index (χ2v) is 7.78. The number of hydrogen-bond acceptors (Lipinski definition) is 4. The molecule has 1 heterocycles. The smallest absolute Gasteiger partial charge is 0.336 e. The molecule has 31 heavy (non-hydrogen) atoms. The lowest BCUT2D eigenvalue weighted by atomic mass is 9.88. The SMILES string of the molecule is Cc1ccccc1-c1cc(=O)oc2cc(CNC(=O)C3CCCCC3)ccc12.O=CO. The minimum atomic E-state index is -0.367. The van der Waals surface area contributed by atoms with Crippen molar-refractivity contribution in [2.24, 2.45) is 5.92 Å². The van der Waals surface area contributed by atoms with Crippen LogP contribution >= 0.6 is 0 Å². The molecule has 1 fully saturated rings. The van der Waals surface area contributed by atoms with Gasteiger partial charge in [-0.25, -0.2) is 4.79 Å². The summed E-state index contributed by atoms with van der Waals surface area (Å²) in [5.41, 5.74) is 4.13. The predicted octanol–water partition coefficient (Wildman–Crippen LogP) is 4.67. The third-order valence-corrected chi connectivity index (χ3v) is 5.69. The first kappa shape index (κ1) is 22.3. The molecule has 0 radical (unpaired) electrons. The Hall–Kier alpha value is -3.41. The minimum Gasteiger partial charge on any atom is -0.483 e.